The minimum atomic E-state index is -0.993. The normalized spacial score (nSPS) is 25.0. The van der Waals surface area contributed by atoms with Crippen LogP contribution < -0.4 is 15.5 Å². The molecule has 0 radical (unpaired) electrons. The lowest BCUT2D eigenvalue weighted by atomic mass is 9.96. The third-order valence-corrected chi connectivity index (χ3v) is 5.00. The fraction of sp³-hybridized carbons (Fsp3) is 0.474. The zero-order chi connectivity index (χ0) is 18.5. The fourth-order valence-electron chi connectivity index (χ4n) is 3.63. The predicted molar refractivity (Wildman–Crippen MR) is 96.8 cm³/mol. The molecule has 2 heterocycles. The molecule has 26 heavy (non-hydrogen) atoms. The Labute approximate surface area is 152 Å². The van der Waals surface area contributed by atoms with Gasteiger partial charge in [-0.2, -0.15) is 0 Å². The number of carbonyl (C=O) groups is 3. The van der Waals surface area contributed by atoms with Gasteiger partial charge in [-0.25, -0.2) is 4.79 Å². The molecule has 2 aliphatic rings. The molecule has 0 aromatic heterocycles. The fourth-order valence-corrected chi connectivity index (χ4v) is 3.63. The smallest absolute Gasteiger partial charge is 0.328 e. The quantitative estimate of drug-likeness (QED) is 0.514. The highest BCUT2D eigenvalue weighted by atomic mass is 16.2. The van der Waals surface area contributed by atoms with Crippen LogP contribution in [0.15, 0.2) is 35.3 Å². The molecule has 7 nitrogen and oxygen atoms in total. The monoisotopic (exact) mass is 357 g/mol. The molecule has 0 aliphatic carbocycles. The number of piperidine rings is 1. The third kappa shape index (κ3) is 4.35. The van der Waals surface area contributed by atoms with E-state index in [9.17, 15) is 14.4 Å². The first-order chi connectivity index (χ1) is 12.6. The van der Waals surface area contributed by atoms with Gasteiger partial charge in [-0.05, 0) is 6.42 Å². The number of nitrogens with one attached hydrogen (secondary N) is 3. The summed E-state index contributed by atoms with van der Waals surface area (Å²) in [6, 6.07) is 9.81. The molecule has 0 unspecified atom stereocenters. The summed E-state index contributed by atoms with van der Waals surface area (Å²) in [5.74, 6) is -2.15. The average Bonchev–Trinajstić information content (AvgIpc) is 2.62. The number of barbiturate groups is 1. The summed E-state index contributed by atoms with van der Waals surface area (Å²) in [6.45, 7) is 4.92. The van der Waals surface area contributed by atoms with Crippen molar-refractivity contribution in [2.24, 2.45) is 10.9 Å². The molecular formula is C19H25N4O3+. The van der Waals surface area contributed by atoms with Gasteiger partial charge in [0.15, 0.2) is 5.92 Å². The number of likely N-dealkylation sites (tertiary alicyclic amines) is 1. The molecule has 0 saturated carbocycles. The van der Waals surface area contributed by atoms with Crippen LogP contribution in [-0.4, -0.2) is 42.7 Å². The van der Waals surface area contributed by atoms with E-state index < -0.39 is 23.8 Å². The van der Waals surface area contributed by atoms with E-state index in [1.54, 1.807) is 0 Å². The van der Waals surface area contributed by atoms with E-state index in [1.165, 1.54) is 10.5 Å². The highest BCUT2D eigenvalue weighted by Crippen LogP contribution is 2.14. The molecule has 3 N–H and O–H groups in total. The first-order valence-corrected chi connectivity index (χ1v) is 9.16. The highest BCUT2D eigenvalue weighted by molar-refractivity contribution is 6.27. The van der Waals surface area contributed by atoms with Crippen molar-refractivity contribution in [2.45, 2.75) is 38.8 Å². The number of aliphatic imine (C=N–C) groups is 1. The second-order valence-electron chi connectivity index (χ2n) is 6.86. The van der Waals surface area contributed by atoms with Crippen LogP contribution in [0.1, 0.15) is 31.7 Å². The van der Waals surface area contributed by atoms with Gasteiger partial charge in [0, 0.05) is 24.1 Å². The summed E-state index contributed by atoms with van der Waals surface area (Å²) >= 11 is 0. The summed E-state index contributed by atoms with van der Waals surface area (Å²) < 4.78 is 0. The van der Waals surface area contributed by atoms with Gasteiger partial charge in [0.1, 0.15) is 6.54 Å². The van der Waals surface area contributed by atoms with Crippen LogP contribution in [0.3, 0.4) is 0 Å². The van der Waals surface area contributed by atoms with Crippen molar-refractivity contribution in [3.8, 4) is 0 Å². The Morgan fingerprint density at radius 3 is 2.27 bits per heavy atom. The second-order valence-corrected chi connectivity index (χ2v) is 6.86. The second kappa shape index (κ2) is 8.23. The third-order valence-electron chi connectivity index (χ3n) is 5.00. The molecule has 2 aliphatic heterocycles. The van der Waals surface area contributed by atoms with Crippen molar-refractivity contribution >= 4 is 23.6 Å². The molecule has 138 valence electrons. The van der Waals surface area contributed by atoms with E-state index in [-0.39, 0.29) is 6.04 Å². The van der Waals surface area contributed by atoms with Crippen molar-refractivity contribution in [3.63, 3.8) is 0 Å². The molecule has 2 saturated heterocycles. The van der Waals surface area contributed by atoms with Crippen LogP contribution in [-0.2, 0) is 16.1 Å². The first-order valence-electron chi connectivity index (χ1n) is 9.16. The van der Waals surface area contributed by atoms with Gasteiger partial charge in [-0.15, -0.1) is 0 Å². The summed E-state index contributed by atoms with van der Waals surface area (Å²) in [7, 11) is 0. The maximum absolute atomic E-state index is 12.0. The van der Waals surface area contributed by atoms with Gasteiger partial charge in [-0.3, -0.25) is 25.2 Å². The lowest BCUT2D eigenvalue weighted by Crippen LogP contribution is -3.12. The van der Waals surface area contributed by atoms with Crippen LogP contribution in [0.25, 0.3) is 0 Å². The molecule has 3 rings (SSSR count). The number of urea groups is 1. The number of amides is 4. The maximum Gasteiger partial charge on any atom is 0.328 e. The van der Waals surface area contributed by atoms with Crippen LogP contribution >= 0.6 is 0 Å². The average molecular weight is 357 g/mol. The Balaban J connectivity index is 1.60. The van der Waals surface area contributed by atoms with E-state index in [2.05, 4.69) is 34.9 Å². The first kappa shape index (κ1) is 18.3. The van der Waals surface area contributed by atoms with Crippen molar-refractivity contribution in [1.29, 1.82) is 0 Å². The number of quaternary nitrogens is 1. The number of benzene rings is 1. The van der Waals surface area contributed by atoms with Gasteiger partial charge in [0.2, 0.25) is 11.8 Å². The maximum atomic E-state index is 12.0. The molecule has 4 amide bonds. The summed E-state index contributed by atoms with van der Waals surface area (Å²) in [6.07, 6.45) is 2.37. The number of hydrogen-bond donors (Lipinski definition) is 3. The van der Waals surface area contributed by atoms with Gasteiger partial charge < -0.3 is 4.90 Å². The van der Waals surface area contributed by atoms with Crippen molar-refractivity contribution < 1.29 is 19.3 Å². The number of carbonyl (C=O) groups excluding carboxylic acids is 3. The molecule has 0 atom stereocenters. The van der Waals surface area contributed by atoms with Gasteiger partial charge in [0.05, 0.1) is 19.1 Å². The van der Waals surface area contributed by atoms with Gasteiger partial charge in [-0.1, -0.05) is 37.3 Å². The van der Waals surface area contributed by atoms with E-state index in [4.69, 9.17) is 4.99 Å². The van der Waals surface area contributed by atoms with Gasteiger partial charge in [0.25, 0.3) is 0 Å². The van der Waals surface area contributed by atoms with Crippen LogP contribution in [0, 0.1) is 5.92 Å². The SMILES string of the molecule is CCC(=NC1CC[NH+](Cc2ccccc2)CC1)C1C(=O)NC(=O)NC1=O. The Morgan fingerprint density at radius 2 is 1.69 bits per heavy atom. The van der Waals surface area contributed by atoms with Crippen molar-refractivity contribution in [1.82, 2.24) is 10.6 Å². The van der Waals surface area contributed by atoms with Crippen molar-refractivity contribution in [2.75, 3.05) is 13.1 Å². The molecule has 7 heteroatoms. The molecule has 0 spiro atoms. The number of hydrogen-bond acceptors (Lipinski definition) is 4. The topological polar surface area (TPSA) is 92.1 Å². The Morgan fingerprint density at radius 1 is 1.08 bits per heavy atom. The Kier molecular flexibility index (Phi) is 5.78. The number of nitrogens with zero attached hydrogens (tertiary/aromatic N) is 1. The predicted octanol–water partition coefficient (Wildman–Crippen LogP) is 0.0671. The molecule has 1 aromatic carbocycles. The lowest BCUT2D eigenvalue weighted by Gasteiger charge is -2.29. The van der Waals surface area contributed by atoms with E-state index in [0.717, 1.165) is 32.5 Å². The molecule has 1 aromatic rings. The standard InChI is InChI=1S/C19H24N4O3/c1-2-15(16-17(24)21-19(26)22-18(16)25)20-14-8-10-23(11-9-14)12-13-6-4-3-5-7-13/h3-7,14,16H,2,8-12H2,1H3,(H2,21,22,24,25,26)/p+1. The Bertz CT molecular complexity index is 689. The van der Waals surface area contributed by atoms with Crippen molar-refractivity contribution in [3.05, 3.63) is 35.9 Å². The number of rotatable bonds is 5. The summed E-state index contributed by atoms with van der Waals surface area (Å²) in [5, 5.41) is 4.30. The molecule has 0 bridgehead atoms. The van der Waals surface area contributed by atoms with Crippen LogP contribution in [0.2, 0.25) is 0 Å². The van der Waals surface area contributed by atoms with E-state index in [0.29, 0.717) is 12.1 Å². The van der Waals surface area contributed by atoms with Gasteiger partial charge >= 0.3 is 6.03 Å². The summed E-state index contributed by atoms with van der Waals surface area (Å²) in [5.41, 5.74) is 1.89. The van der Waals surface area contributed by atoms with Crippen LogP contribution in [0.4, 0.5) is 4.79 Å². The number of imide groups is 2. The van der Waals surface area contributed by atoms with E-state index in [1.807, 2.05) is 13.0 Å². The minimum absolute atomic E-state index is 0.128. The highest BCUT2D eigenvalue weighted by Gasteiger charge is 2.37. The zero-order valence-corrected chi connectivity index (χ0v) is 15.0. The zero-order valence-electron chi connectivity index (χ0n) is 15.0. The largest absolute Gasteiger partial charge is 0.331 e. The minimum Gasteiger partial charge on any atom is -0.331 e. The molecule has 2 fully saturated rings. The van der Waals surface area contributed by atoms with E-state index >= 15 is 0 Å². The molecular weight excluding hydrogens is 332 g/mol. The summed E-state index contributed by atoms with van der Waals surface area (Å²) in [4.78, 5) is 41.5. The lowest BCUT2D eigenvalue weighted by molar-refractivity contribution is -0.918. The van der Waals surface area contributed by atoms with Crippen LogP contribution in [0.5, 0.6) is 0 Å². The Hall–Kier alpha value is -2.54.